The van der Waals surface area contributed by atoms with Crippen molar-refractivity contribution in [2.75, 3.05) is 6.54 Å². The first kappa shape index (κ1) is 8.84. The second kappa shape index (κ2) is 2.78. The van der Waals surface area contributed by atoms with Gasteiger partial charge in [-0.2, -0.15) is 5.06 Å². The summed E-state index contributed by atoms with van der Waals surface area (Å²) in [5, 5.41) is 7.08. The van der Waals surface area contributed by atoms with Gasteiger partial charge in [0.1, 0.15) is 12.2 Å². The van der Waals surface area contributed by atoms with Crippen molar-refractivity contribution in [2.45, 2.75) is 18.6 Å². The quantitative estimate of drug-likeness (QED) is 0.546. The molecule has 0 aromatic rings. The van der Waals surface area contributed by atoms with E-state index in [2.05, 4.69) is 17.2 Å². The molecule has 7 heteroatoms. The Morgan fingerprint density at radius 3 is 2.93 bits per heavy atom. The summed E-state index contributed by atoms with van der Waals surface area (Å²) in [5.41, 5.74) is 0. The number of fused-ring (bicyclic) bond motifs is 1. The highest BCUT2D eigenvalue weighted by atomic mass is 16.7. The highest BCUT2D eigenvalue weighted by molar-refractivity contribution is 6.00. The minimum Gasteiger partial charge on any atom is -0.272 e. The van der Waals surface area contributed by atoms with E-state index in [-0.39, 0.29) is 18.6 Å². The summed E-state index contributed by atoms with van der Waals surface area (Å²) in [6.07, 6.45) is 0.699. The molecule has 2 N–H and O–H groups in total. The maximum Gasteiger partial charge on any atom is 0.352 e. The van der Waals surface area contributed by atoms with Crippen molar-refractivity contribution >= 4 is 11.9 Å². The summed E-state index contributed by atoms with van der Waals surface area (Å²) in [5.74, 6) is -0.237. The van der Waals surface area contributed by atoms with Gasteiger partial charge in [0.05, 0.1) is 0 Å². The van der Waals surface area contributed by atoms with Crippen LogP contribution in [0.5, 0.6) is 0 Å². The molecule has 3 aliphatic heterocycles. The molecule has 3 saturated heterocycles. The molecule has 0 radical (unpaired) electrons. The summed E-state index contributed by atoms with van der Waals surface area (Å²) >= 11 is 0. The molecule has 15 heavy (non-hydrogen) atoms. The topological polar surface area (TPSA) is 73.9 Å². The van der Waals surface area contributed by atoms with Crippen LogP contribution in [0.15, 0.2) is 12.7 Å². The fourth-order valence-electron chi connectivity index (χ4n) is 2.05. The molecule has 3 unspecified atom stereocenters. The van der Waals surface area contributed by atoms with E-state index < -0.39 is 18.4 Å². The second-order valence-corrected chi connectivity index (χ2v) is 3.59. The summed E-state index contributed by atoms with van der Waals surface area (Å²) in [4.78, 5) is 29.9. The number of nitrogens with one attached hydrogen (secondary N) is 2. The molecule has 0 aromatic carbocycles. The van der Waals surface area contributed by atoms with Crippen LogP contribution in [0.3, 0.4) is 0 Å². The summed E-state index contributed by atoms with van der Waals surface area (Å²) < 4.78 is 0. The monoisotopic (exact) mass is 210 g/mol. The molecular formula is C8H10N4O3. The number of carbonyl (C=O) groups is 2. The first-order chi connectivity index (χ1) is 7.22. The lowest BCUT2D eigenvalue weighted by Gasteiger charge is -2.39. The minimum absolute atomic E-state index is 0.201. The third kappa shape index (κ3) is 0.993. The smallest absolute Gasteiger partial charge is 0.272 e. The predicted octanol–water partition coefficient (Wildman–Crippen LogP) is -1.45. The lowest BCUT2D eigenvalue weighted by molar-refractivity contribution is -0.189. The number of hydrogen-bond donors (Lipinski definition) is 2. The number of hydrogen-bond acceptors (Lipinski definition) is 5. The normalized spacial score (nSPS) is 37.7. The van der Waals surface area contributed by atoms with E-state index in [0.717, 1.165) is 4.90 Å². The molecule has 0 aliphatic carbocycles. The number of imide groups is 1. The summed E-state index contributed by atoms with van der Waals surface area (Å²) in [6.45, 7) is 3.71. The molecule has 2 bridgehead atoms. The number of amides is 3. The number of urea groups is 1. The molecule has 3 fully saturated rings. The Bertz CT molecular complexity index is 332. The number of carbonyl (C=O) groups excluding carboxylic acids is 2. The van der Waals surface area contributed by atoms with Gasteiger partial charge in [0.2, 0.25) is 0 Å². The fourth-order valence-corrected chi connectivity index (χ4v) is 2.05. The second-order valence-electron chi connectivity index (χ2n) is 3.59. The highest BCUT2D eigenvalue weighted by Crippen LogP contribution is 2.27. The van der Waals surface area contributed by atoms with Crippen LogP contribution in [0.2, 0.25) is 0 Å². The fraction of sp³-hybridized carbons (Fsp3) is 0.500. The van der Waals surface area contributed by atoms with E-state index >= 15 is 0 Å². The molecule has 80 valence electrons. The molecular weight excluding hydrogens is 200 g/mol. The van der Waals surface area contributed by atoms with E-state index in [9.17, 15) is 9.59 Å². The lowest BCUT2D eigenvalue weighted by Crippen LogP contribution is -2.67. The van der Waals surface area contributed by atoms with Crippen LogP contribution < -0.4 is 10.6 Å². The molecule has 0 aromatic heterocycles. The van der Waals surface area contributed by atoms with E-state index in [0.29, 0.717) is 0 Å². The maximum absolute atomic E-state index is 11.8. The van der Waals surface area contributed by atoms with Gasteiger partial charge >= 0.3 is 6.03 Å². The Morgan fingerprint density at radius 1 is 1.47 bits per heavy atom. The van der Waals surface area contributed by atoms with Gasteiger partial charge in [-0.05, 0) is 0 Å². The molecule has 3 rings (SSSR count). The number of rotatable bonds is 2. The Morgan fingerprint density at radius 2 is 2.27 bits per heavy atom. The Kier molecular flexibility index (Phi) is 1.64. The zero-order valence-electron chi connectivity index (χ0n) is 7.84. The zero-order valence-corrected chi connectivity index (χ0v) is 7.84. The van der Waals surface area contributed by atoms with Crippen LogP contribution in [0.25, 0.3) is 0 Å². The number of hydroxylamine groups is 2. The highest BCUT2D eigenvalue weighted by Gasteiger charge is 2.57. The first-order valence-corrected chi connectivity index (χ1v) is 4.66. The molecule has 7 nitrogen and oxygen atoms in total. The third-order valence-corrected chi connectivity index (χ3v) is 2.70. The summed E-state index contributed by atoms with van der Waals surface area (Å²) in [6, 6.07) is -0.848. The molecule has 3 atom stereocenters. The van der Waals surface area contributed by atoms with Crippen LogP contribution in [0.4, 0.5) is 4.79 Å². The van der Waals surface area contributed by atoms with Crippen molar-refractivity contribution in [1.29, 1.82) is 0 Å². The molecule has 3 amide bonds. The SMILES string of the molecule is C=CCN1C(=O)C2NC3NC2N(O3)C1=O. The molecule has 0 saturated carbocycles. The van der Waals surface area contributed by atoms with Crippen molar-refractivity contribution in [3.8, 4) is 0 Å². The molecule has 3 heterocycles. The summed E-state index contributed by atoms with van der Waals surface area (Å²) in [7, 11) is 0. The van der Waals surface area contributed by atoms with Crippen molar-refractivity contribution in [3.63, 3.8) is 0 Å². The molecule has 0 spiro atoms. The van der Waals surface area contributed by atoms with Gasteiger partial charge in [-0.1, -0.05) is 6.08 Å². The van der Waals surface area contributed by atoms with Crippen molar-refractivity contribution < 1.29 is 14.4 Å². The lowest BCUT2D eigenvalue weighted by atomic mass is 10.1. The van der Waals surface area contributed by atoms with Crippen LogP contribution in [-0.2, 0) is 9.63 Å². The average Bonchev–Trinajstić information content (AvgIpc) is 2.81. The Balaban J connectivity index is 1.93. The van der Waals surface area contributed by atoms with E-state index in [1.165, 1.54) is 11.1 Å². The largest absolute Gasteiger partial charge is 0.352 e. The zero-order chi connectivity index (χ0) is 10.6. The molecule has 3 aliphatic rings. The van der Waals surface area contributed by atoms with E-state index in [4.69, 9.17) is 4.84 Å². The van der Waals surface area contributed by atoms with Gasteiger partial charge in [-0.25, -0.2) is 9.63 Å². The van der Waals surface area contributed by atoms with Gasteiger partial charge in [0.25, 0.3) is 5.91 Å². The van der Waals surface area contributed by atoms with Crippen molar-refractivity contribution in [3.05, 3.63) is 12.7 Å². The van der Waals surface area contributed by atoms with Gasteiger partial charge < -0.3 is 0 Å². The Labute approximate surface area is 85.6 Å². The maximum atomic E-state index is 11.8. The van der Waals surface area contributed by atoms with Crippen LogP contribution >= 0.6 is 0 Å². The Hall–Kier alpha value is -1.44. The van der Waals surface area contributed by atoms with Crippen molar-refractivity contribution in [2.24, 2.45) is 0 Å². The first-order valence-electron chi connectivity index (χ1n) is 4.66. The van der Waals surface area contributed by atoms with Crippen LogP contribution in [0.1, 0.15) is 0 Å². The average molecular weight is 210 g/mol. The standard InChI is InChI=1S/C8H10N4O3/c1-2-3-11-6(13)4-5-10-7(9-4)15-12(5)8(11)14/h2,4-5,7,9-10H,1,3H2. The van der Waals surface area contributed by atoms with Crippen molar-refractivity contribution in [1.82, 2.24) is 20.6 Å². The van der Waals surface area contributed by atoms with Gasteiger partial charge in [-0.3, -0.25) is 20.3 Å². The number of nitrogens with zero attached hydrogens (tertiary/aromatic N) is 2. The van der Waals surface area contributed by atoms with Gasteiger partial charge in [0, 0.05) is 6.54 Å². The van der Waals surface area contributed by atoms with E-state index in [1.54, 1.807) is 0 Å². The van der Waals surface area contributed by atoms with Gasteiger partial charge in [-0.15, -0.1) is 6.58 Å². The minimum atomic E-state index is -0.433. The third-order valence-electron chi connectivity index (χ3n) is 2.70. The van der Waals surface area contributed by atoms with Crippen LogP contribution in [0, 0.1) is 0 Å². The van der Waals surface area contributed by atoms with E-state index in [1.807, 2.05) is 0 Å². The van der Waals surface area contributed by atoms with Crippen LogP contribution in [-0.4, -0.2) is 47.0 Å². The predicted molar refractivity (Wildman–Crippen MR) is 47.9 cm³/mol. The van der Waals surface area contributed by atoms with Gasteiger partial charge in [0.15, 0.2) is 6.35 Å².